The molecule has 1 N–H and O–H groups in total. The number of hydrogen-bond acceptors (Lipinski definition) is 4. The first-order chi connectivity index (χ1) is 5.20. The van der Waals surface area contributed by atoms with Crippen LogP contribution in [0.1, 0.15) is 5.56 Å². The van der Waals surface area contributed by atoms with Crippen LogP contribution in [0.15, 0.2) is 20.8 Å². The van der Waals surface area contributed by atoms with Crippen LogP contribution < -0.4 is 4.83 Å². The van der Waals surface area contributed by atoms with Crippen LogP contribution in [0.5, 0.6) is 0 Å². The van der Waals surface area contributed by atoms with E-state index in [1.54, 1.807) is 11.4 Å². The lowest BCUT2D eigenvalue weighted by atomic mass is 10.4. The number of nitrogens with one attached hydrogen (secondary N) is 1. The first-order valence-corrected chi connectivity index (χ1v) is 5.19. The topological polar surface area (TPSA) is 58.5 Å². The maximum Gasteiger partial charge on any atom is 0.286 e. The highest BCUT2D eigenvalue weighted by Crippen LogP contribution is 2.22. The van der Waals surface area contributed by atoms with Gasteiger partial charge in [0.15, 0.2) is 4.21 Å². The molecule has 0 bridgehead atoms. The van der Waals surface area contributed by atoms with Gasteiger partial charge in [-0.15, -0.1) is 11.3 Å². The minimum atomic E-state index is -3.33. The smallest absolute Gasteiger partial charge is 0.199 e. The minimum absolute atomic E-state index is 0.340. The standard InChI is InChI=1S/C5H4N2O2S2/c8-11(9)5-4(1-2-10-5)3-6-7-11/h1-3,7H. The zero-order valence-electron chi connectivity index (χ0n) is 5.31. The van der Waals surface area contributed by atoms with Crippen LogP contribution in [0.2, 0.25) is 0 Å². The average molecular weight is 188 g/mol. The van der Waals surface area contributed by atoms with Crippen LogP contribution in [0.25, 0.3) is 0 Å². The van der Waals surface area contributed by atoms with E-state index >= 15 is 0 Å². The Morgan fingerprint density at radius 1 is 1.55 bits per heavy atom. The van der Waals surface area contributed by atoms with Gasteiger partial charge >= 0.3 is 0 Å². The fourth-order valence-electron chi connectivity index (χ4n) is 0.826. The second-order valence-corrected chi connectivity index (χ2v) is 4.79. The molecule has 0 amide bonds. The summed E-state index contributed by atoms with van der Waals surface area (Å²) in [6.45, 7) is 0. The van der Waals surface area contributed by atoms with E-state index in [1.165, 1.54) is 17.6 Å². The SMILES string of the molecule is O=S1(=O)NN=Cc2ccsc21. The maximum atomic E-state index is 11.1. The minimum Gasteiger partial charge on any atom is -0.199 e. The van der Waals surface area contributed by atoms with Gasteiger partial charge < -0.3 is 0 Å². The highest BCUT2D eigenvalue weighted by molar-refractivity contribution is 7.91. The second-order valence-electron chi connectivity index (χ2n) is 2.02. The Hall–Kier alpha value is -0.880. The lowest BCUT2D eigenvalue weighted by Gasteiger charge is -2.05. The van der Waals surface area contributed by atoms with Crippen molar-refractivity contribution in [1.82, 2.24) is 4.83 Å². The van der Waals surface area contributed by atoms with E-state index < -0.39 is 10.0 Å². The van der Waals surface area contributed by atoms with Gasteiger partial charge in [0.1, 0.15) is 0 Å². The van der Waals surface area contributed by atoms with Crippen molar-refractivity contribution in [3.05, 3.63) is 17.0 Å². The molecule has 0 unspecified atom stereocenters. The van der Waals surface area contributed by atoms with Crippen molar-refractivity contribution < 1.29 is 8.42 Å². The van der Waals surface area contributed by atoms with E-state index in [4.69, 9.17) is 0 Å². The van der Waals surface area contributed by atoms with Gasteiger partial charge in [0, 0.05) is 5.56 Å². The summed E-state index contributed by atoms with van der Waals surface area (Å²) in [6.07, 6.45) is 1.49. The Bertz CT molecular complexity index is 404. The van der Waals surface area contributed by atoms with Gasteiger partial charge in [-0.25, -0.2) is 0 Å². The average Bonchev–Trinajstić information content (AvgIpc) is 2.34. The third-order valence-corrected chi connectivity index (χ3v) is 4.02. The number of hydrazone groups is 1. The van der Waals surface area contributed by atoms with Gasteiger partial charge in [0.05, 0.1) is 6.21 Å². The summed E-state index contributed by atoms with van der Waals surface area (Å²) in [5.41, 5.74) is 0.661. The molecule has 0 saturated carbocycles. The maximum absolute atomic E-state index is 11.1. The van der Waals surface area contributed by atoms with Crippen LogP contribution in [0, 0.1) is 0 Å². The first kappa shape index (κ1) is 6.81. The summed E-state index contributed by atoms with van der Waals surface area (Å²) in [6, 6.07) is 1.72. The third-order valence-electron chi connectivity index (χ3n) is 1.28. The van der Waals surface area contributed by atoms with E-state index in [0.29, 0.717) is 9.77 Å². The Morgan fingerprint density at radius 2 is 2.36 bits per heavy atom. The molecule has 2 heterocycles. The van der Waals surface area contributed by atoms with Gasteiger partial charge in [-0.2, -0.15) is 18.4 Å². The first-order valence-electron chi connectivity index (χ1n) is 2.82. The molecular weight excluding hydrogens is 184 g/mol. The van der Waals surface area contributed by atoms with E-state index in [-0.39, 0.29) is 0 Å². The summed E-state index contributed by atoms with van der Waals surface area (Å²) in [7, 11) is -3.33. The van der Waals surface area contributed by atoms with Crippen molar-refractivity contribution in [3.8, 4) is 0 Å². The van der Waals surface area contributed by atoms with Crippen LogP contribution in [-0.2, 0) is 10.0 Å². The monoisotopic (exact) mass is 188 g/mol. The molecule has 1 aromatic rings. The van der Waals surface area contributed by atoms with Crippen LogP contribution >= 0.6 is 11.3 Å². The molecule has 6 heteroatoms. The second kappa shape index (κ2) is 2.05. The lowest BCUT2D eigenvalue weighted by Crippen LogP contribution is -2.21. The highest BCUT2D eigenvalue weighted by atomic mass is 32.2. The Balaban J connectivity index is 2.77. The van der Waals surface area contributed by atoms with E-state index in [2.05, 4.69) is 9.93 Å². The Kier molecular flexibility index (Phi) is 1.27. The summed E-state index contributed by atoms with van der Waals surface area (Å²) in [5, 5.41) is 5.21. The molecule has 2 rings (SSSR count). The molecule has 58 valence electrons. The largest absolute Gasteiger partial charge is 0.286 e. The van der Waals surface area contributed by atoms with E-state index in [0.717, 1.165) is 0 Å². The Morgan fingerprint density at radius 3 is 3.09 bits per heavy atom. The predicted molar refractivity (Wildman–Crippen MR) is 42.2 cm³/mol. The van der Waals surface area contributed by atoms with Gasteiger partial charge in [-0.1, -0.05) is 0 Å². The molecule has 1 aliphatic rings. The Labute approximate surface area is 67.6 Å². The quantitative estimate of drug-likeness (QED) is 0.639. The van der Waals surface area contributed by atoms with Crippen LogP contribution in [-0.4, -0.2) is 14.6 Å². The highest BCUT2D eigenvalue weighted by Gasteiger charge is 2.21. The molecule has 0 saturated heterocycles. The number of thiophene rings is 1. The molecule has 0 radical (unpaired) electrons. The molecular formula is C5H4N2O2S2. The molecule has 0 fully saturated rings. The molecule has 11 heavy (non-hydrogen) atoms. The summed E-state index contributed by atoms with van der Waals surface area (Å²) < 4.78 is 22.6. The van der Waals surface area contributed by atoms with E-state index in [9.17, 15) is 8.42 Å². The van der Waals surface area contributed by atoms with Crippen molar-refractivity contribution in [2.75, 3.05) is 0 Å². The number of sulfonamides is 1. The number of hydrogen-bond donors (Lipinski definition) is 1. The normalized spacial score (nSPS) is 18.9. The molecule has 0 aliphatic carbocycles. The van der Waals surface area contributed by atoms with Crippen molar-refractivity contribution in [2.45, 2.75) is 4.21 Å². The molecule has 4 nitrogen and oxygen atoms in total. The van der Waals surface area contributed by atoms with Crippen molar-refractivity contribution in [2.24, 2.45) is 5.10 Å². The lowest BCUT2D eigenvalue weighted by molar-refractivity contribution is 0.585. The van der Waals surface area contributed by atoms with Crippen LogP contribution in [0.3, 0.4) is 0 Å². The van der Waals surface area contributed by atoms with Crippen molar-refractivity contribution in [1.29, 1.82) is 0 Å². The van der Waals surface area contributed by atoms with Crippen molar-refractivity contribution in [3.63, 3.8) is 0 Å². The molecule has 0 aromatic carbocycles. The number of nitrogens with zero attached hydrogens (tertiary/aromatic N) is 1. The van der Waals surface area contributed by atoms with Gasteiger partial charge in [-0.3, -0.25) is 0 Å². The van der Waals surface area contributed by atoms with Crippen molar-refractivity contribution >= 4 is 27.6 Å². The predicted octanol–water partition coefficient (Wildman–Crippen LogP) is 0.374. The number of rotatable bonds is 0. The zero-order valence-corrected chi connectivity index (χ0v) is 6.95. The fourth-order valence-corrected chi connectivity index (χ4v) is 2.91. The summed E-state index contributed by atoms with van der Waals surface area (Å²) >= 11 is 1.19. The van der Waals surface area contributed by atoms with E-state index in [1.807, 2.05) is 0 Å². The molecule has 0 atom stereocenters. The fraction of sp³-hybridized carbons (Fsp3) is 0. The summed E-state index contributed by atoms with van der Waals surface area (Å²) in [5.74, 6) is 0. The van der Waals surface area contributed by atoms with Gasteiger partial charge in [0.25, 0.3) is 10.0 Å². The zero-order chi connectivity index (χ0) is 7.90. The third kappa shape index (κ3) is 0.945. The van der Waals surface area contributed by atoms with Crippen LogP contribution in [0.4, 0.5) is 0 Å². The molecule has 1 aliphatic heterocycles. The number of fused-ring (bicyclic) bond motifs is 1. The van der Waals surface area contributed by atoms with Gasteiger partial charge in [-0.05, 0) is 11.4 Å². The van der Waals surface area contributed by atoms with Gasteiger partial charge in [0.2, 0.25) is 0 Å². The molecule has 1 aromatic heterocycles. The molecule has 0 spiro atoms. The summed E-state index contributed by atoms with van der Waals surface area (Å²) in [4.78, 5) is 2.05.